The number of para-hydroxylation sites is 2. The number of rotatable bonds is 5. The summed E-state index contributed by atoms with van der Waals surface area (Å²) >= 11 is 0. The van der Waals surface area contributed by atoms with E-state index in [0.29, 0.717) is 0 Å². The maximum Gasteiger partial charge on any atom is 0.142 e. The Labute approximate surface area is 142 Å². The van der Waals surface area contributed by atoms with Gasteiger partial charge in [0.05, 0.1) is 16.6 Å². The maximum atomic E-state index is 4.70. The van der Waals surface area contributed by atoms with Gasteiger partial charge in [0.2, 0.25) is 0 Å². The van der Waals surface area contributed by atoms with Gasteiger partial charge in [-0.1, -0.05) is 18.6 Å². The van der Waals surface area contributed by atoms with Gasteiger partial charge in [-0.25, -0.2) is 9.97 Å². The van der Waals surface area contributed by atoms with Gasteiger partial charge in [0.25, 0.3) is 0 Å². The third kappa shape index (κ3) is 3.26. The summed E-state index contributed by atoms with van der Waals surface area (Å²) in [4.78, 5) is 15.1. The Morgan fingerprint density at radius 1 is 1.04 bits per heavy atom. The van der Waals surface area contributed by atoms with Gasteiger partial charge in [-0.2, -0.15) is 0 Å². The highest BCUT2D eigenvalue weighted by molar-refractivity contribution is 5.81. The van der Waals surface area contributed by atoms with Crippen molar-refractivity contribution in [2.75, 3.05) is 31.5 Å². The molecule has 0 bridgehead atoms. The van der Waals surface area contributed by atoms with E-state index in [1.807, 2.05) is 36.5 Å². The third-order valence-electron chi connectivity index (χ3n) is 4.62. The van der Waals surface area contributed by atoms with Crippen molar-refractivity contribution in [3.05, 3.63) is 42.6 Å². The van der Waals surface area contributed by atoms with Gasteiger partial charge < -0.3 is 15.2 Å². The van der Waals surface area contributed by atoms with Crippen LogP contribution in [0.5, 0.6) is 0 Å². The second-order valence-electron chi connectivity index (χ2n) is 6.33. The molecule has 1 saturated heterocycles. The zero-order chi connectivity index (χ0) is 16.2. The standard InChI is InChI=1S/C19H23N5/c1-4-12-24(13-5-1)14-11-21-18-15(7-6-10-20-18)19-22-16-8-2-3-9-17(16)23-19/h2-3,6-10H,1,4-5,11-14H2,(H,20,21)(H,22,23). The molecule has 3 heterocycles. The van der Waals surface area contributed by atoms with Gasteiger partial charge in [-0.05, 0) is 50.2 Å². The molecule has 1 fully saturated rings. The molecular formula is C19H23N5. The Hall–Kier alpha value is -2.40. The molecule has 0 atom stereocenters. The van der Waals surface area contributed by atoms with E-state index in [0.717, 1.165) is 41.3 Å². The van der Waals surface area contributed by atoms with E-state index in [1.165, 1.54) is 32.4 Å². The summed E-state index contributed by atoms with van der Waals surface area (Å²) in [5.41, 5.74) is 3.05. The van der Waals surface area contributed by atoms with Crippen molar-refractivity contribution in [3.8, 4) is 11.4 Å². The number of H-pyrrole nitrogens is 1. The number of hydrogen-bond donors (Lipinski definition) is 2. The fourth-order valence-electron chi connectivity index (χ4n) is 3.33. The number of piperidine rings is 1. The van der Waals surface area contributed by atoms with Crippen LogP contribution in [0.2, 0.25) is 0 Å². The summed E-state index contributed by atoms with van der Waals surface area (Å²) in [7, 11) is 0. The summed E-state index contributed by atoms with van der Waals surface area (Å²) < 4.78 is 0. The van der Waals surface area contributed by atoms with Crippen molar-refractivity contribution >= 4 is 16.9 Å². The van der Waals surface area contributed by atoms with Crippen molar-refractivity contribution in [2.45, 2.75) is 19.3 Å². The lowest BCUT2D eigenvalue weighted by atomic mass is 10.1. The first-order chi connectivity index (χ1) is 11.9. The molecule has 0 spiro atoms. The van der Waals surface area contributed by atoms with E-state index in [9.17, 15) is 0 Å². The molecule has 0 saturated carbocycles. The fourth-order valence-corrected chi connectivity index (χ4v) is 3.33. The Kier molecular flexibility index (Phi) is 4.42. The number of aromatic nitrogens is 3. The topological polar surface area (TPSA) is 56.8 Å². The van der Waals surface area contributed by atoms with E-state index in [1.54, 1.807) is 0 Å². The molecule has 2 N–H and O–H groups in total. The number of hydrogen-bond acceptors (Lipinski definition) is 4. The zero-order valence-corrected chi connectivity index (χ0v) is 13.8. The predicted molar refractivity (Wildman–Crippen MR) is 98.1 cm³/mol. The lowest BCUT2D eigenvalue weighted by Crippen LogP contribution is -2.33. The van der Waals surface area contributed by atoms with Gasteiger partial charge in [0, 0.05) is 19.3 Å². The molecule has 5 nitrogen and oxygen atoms in total. The summed E-state index contributed by atoms with van der Waals surface area (Å²) in [5.74, 6) is 1.76. The van der Waals surface area contributed by atoms with Gasteiger partial charge >= 0.3 is 0 Å². The summed E-state index contributed by atoms with van der Waals surface area (Å²) in [5, 5.41) is 3.49. The molecule has 24 heavy (non-hydrogen) atoms. The first kappa shape index (κ1) is 15.1. The minimum atomic E-state index is 0.866. The normalized spacial score (nSPS) is 15.7. The van der Waals surface area contributed by atoms with Crippen LogP contribution in [0.1, 0.15) is 19.3 Å². The first-order valence-electron chi connectivity index (χ1n) is 8.76. The van der Waals surface area contributed by atoms with Crippen LogP contribution >= 0.6 is 0 Å². The Morgan fingerprint density at radius 2 is 1.92 bits per heavy atom. The van der Waals surface area contributed by atoms with Gasteiger partial charge in [-0.15, -0.1) is 0 Å². The van der Waals surface area contributed by atoms with Crippen molar-refractivity contribution in [1.82, 2.24) is 19.9 Å². The lowest BCUT2D eigenvalue weighted by molar-refractivity contribution is 0.237. The quantitative estimate of drug-likeness (QED) is 0.755. The lowest BCUT2D eigenvalue weighted by Gasteiger charge is -2.26. The molecular weight excluding hydrogens is 298 g/mol. The number of nitrogens with zero attached hydrogens (tertiary/aromatic N) is 3. The number of benzene rings is 1. The Balaban J connectivity index is 1.49. The van der Waals surface area contributed by atoms with Crippen LogP contribution in [0.25, 0.3) is 22.4 Å². The smallest absolute Gasteiger partial charge is 0.142 e. The minimum absolute atomic E-state index is 0.866. The minimum Gasteiger partial charge on any atom is -0.368 e. The number of pyridine rings is 1. The molecule has 0 radical (unpaired) electrons. The summed E-state index contributed by atoms with van der Waals surface area (Å²) in [6, 6.07) is 12.1. The Morgan fingerprint density at radius 3 is 2.79 bits per heavy atom. The summed E-state index contributed by atoms with van der Waals surface area (Å²) in [6.07, 6.45) is 5.86. The molecule has 124 valence electrons. The summed E-state index contributed by atoms with van der Waals surface area (Å²) in [6.45, 7) is 4.42. The average Bonchev–Trinajstić information content (AvgIpc) is 3.07. The molecule has 0 unspecified atom stereocenters. The number of nitrogens with one attached hydrogen (secondary N) is 2. The highest BCUT2D eigenvalue weighted by atomic mass is 15.1. The van der Waals surface area contributed by atoms with E-state index in [4.69, 9.17) is 4.98 Å². The van der Waals surface area contributed by atoms with E-state index in [-0.39, 0.29) is 0 Å². The molecule has 4 rings (SSSR count). The SMILES string of the molecule is c1cnc(NCCN2CCCCC2)c(-c2nc3ccccc3[nH]2)c1. The molecule has 5 heteroatoms. The van der Waals surface area contributed by atoms with Gasteiger partial charge in [-0.3, -0.25) is 0 Å². The number of imidazole rings is 1. The number of fused-ring (bicyclic) bond motifs is 1. The van der Waals surface area contributed by atoms with Crippen LogP contribution in [-0.2, 0) is 0 Å². The van der Waals surface area contributed by atoms with Crippen LogP contribution < -0.4 is 5.32 Å². The Bertz CT molecular complexity index is 771. The molecule has 2 aromatic heterocycles. The third-order valence-corrected chi connectivity index (χ3v) is 4.62. The predicted octanol–water partition coefficient (Wildman–Crippen LogP) is 3.52. The van der Waals surface area contributed by atoms with Crippen LogP contribution in [0.4, 0.5) is 5.82 Å². The maximum absolute atomic E-state index is 4.70. The average molecular weight is 321 g/mol. The van der Waals surface area contributed by atoms with Gasteiger partial charge in [0.1, 0.15) is 11.6 Å². The number of anilines is 1. The second kappa shape index (κ2) is 7.01. The second-order valence-corrected chi connectivity index (χ2v) is 6.33. The highest BCUT2D eigenvalue weighted by Gasteiger charge is 2.12. The highest BCUT2D eigenvalue weighted by Crippen LogP contribution is 2.25. The van der Waals surface area contributed by atoms with Crippen LogP contribution in [0, 0.1) is 0 Å². The number of likely N-dealkylation sites (tertiary alicyclic amines) is 1. The van der Waals surface area contributed by atoms with E-state index in [2.05, 4.69) is 26.3 Å². The van der Waals surface area contributed by atoms with Gasteiger partial charge in [0.15, 0.2) is 0 Å². The molecule has 1 aromatic carbocycles. The molecule has 1 aliphatic heterocycles. The molecule has 0 amide bonds. The monoisotopic (exact) mass is 321 g/mol. The molecule has 3 aromatic rings. The van der Waals surface area contributed by atoms with Crippen molar-refractivity contribution in [2.24, 2.45) is 0 Å². The van der Waals surface area contributed by atoms with Crippen LogP contribution in [0.3, 0.4) is 0 Å². The van der Waals surface area contributed by atoms with Crippen molar-refractivity contribution in [3.63, 3.8) is 0 Å². The van der Waals surface area contributed by atoms with Crippen molar-refractivity contribution in [1.29, 1.82) is 0 Å². The van der Waals surface area contributed by atoms with E-state index >= 15 is 0 Å². The van der Waals surface area contributed by atoms with Crippen molar-refractivity contribution < 1.29 is 0 Å². The largest absolute Gasteiger partial charge is 0.368 e. The fraction of sp³-hybridized carbons (Fsp3) is 0.368. The zero-order valence-electron chi connectivity index (χ0n) is 13.8. The molecule has 0 aliphatic carbocycles. The molecule has 1 aliphatic rings. The van der Waals surface area contributed by atoms with E-state index < -0.39 is 0 Å². The van der Waals surface area contributed by atoms with Crippen LogP contribution in [-0.4, -0.2) is 46.0 Å². The number of aromatic amines is 1. The first-order valence-corrected chi connectivity index (χ1v) is 8.76. The van der Waals surface area contributed by atoms with Crippen LogP contribution in [0.15, 0.2) is 42.6 Å².